The Labute approximate surface area is 177 Å². The maximum absolute atomic E-state index is 13.8. The van der Waals surface area contributed by atoms with Crippen LogP contribution in [0.15, 0.2) is 53.6 Å². The van der Waals surface area contributed by atoms with Crippen LogP contribution in [0, 0.1) is 11.6 Å². The second kappa shape index (κ2) is 9.37. The molecule has 0 spiro atoms. The monoisotopic (exact) mass is 413 g/mol. The highest BCUT2D eigenvalue weighted by atomic mass is 19.1. The SMILES string of the molecule is CCCCCC1=NN(C(=O)NC(C)(C)c2ccc(F)cc2)CC1c1cccc(F)c1. The smallest absolute Gasteiger partial charge is 0.328 e. The number of halogens is 2. The van der Waals surface area contributed by atoms with Gasteiger partial charge >= 0.3 is 6.03 Å². The Morgan fingerprint density at radius 2 is 1.87 bits per heavy atom. The Hall–Kier alpha value is -2.76. The molecule has 0 bridgehead atoms. The van der Waals surface area contributed by atoms with E-state index in [1.807, 2.05) is 19.9 Å². The summed E-state index contributed by atoms with van der Waals surface area (Å²) in [6, 6.07) is 12.3. The highest BCUT2D eigenvalue weighted by molar-refractivity contribution is 5.94. The van der Waals surface area contributed by atoms with Crippen molar-refractivity contribution >= 4 is 11.7 Å². The fourth-order valence-corrected chi connectivity index (χ4v) is 3.74. The van der Waals surface area contributed by atoms with Crippen molar-refractivity contribution in [2.75, 3.05) is 6.54 Å². The van der Waals surface area contributed by atoms with E-state index in [1.54, 1.807) is 18.2 Å². The van der Waals surface area contributed by atoms with E-state index in [9.17, 15) is 13.6 Å². The molecule has 2 aromatic rings. The number of rotatable bonds is 7. The fourth-order valence-electron chi connectivity index (χ4n) is 3.74. The third-order valence-electron chi connectivity index (χ3n) is 5.51. The summed E-state index contributed by atoms with van der Waals surface area (Å²) >= 11 is 0. The summed E-state index contributed by atoms with van der Waals surface area (Å²) < 4.78 is 27.0. The topological polar surface area (TPSA) is 44.7 Å². The van der Waals surface area contributed by atoms with Gasteiger partial charge in [0.05, 0.1) is 12.1 Å². The molecule has 160 valence electrons. The maximum Gasteiger partial charge on any atom is 0.338 e. The first-order valence-corrected chi connectivity index (χ1v) is 10.5. The lowest BCUT2D eigenvalue weighted by atomic mass is 9.91. The van der Waals surface area contributed by atoms with Gasteiger partial charge in [-0.15, -0.1) is 0 Å². The number of nitrogens with zero attached hydrogens (tertiary/aromatic N) is 2. The van der Waals surface area contributed by atoms with E-state index in [1.165, 1.54) is 29.3 Å². The first kappa shape index (κ1) is 21.9. The summed E-state index contributed by atoms with van der Waals surface area (Å²) in [7, 11) is 0. The van der Waals surface area contributed by atoms with E-state index in [-0.39, 0.29) is 23.6 Å². The summed E-state index contributed by atoms with van der Waals surface area (Å²) in [6.07, 6.45) is 3.94. The van der Waals surface area contributed by atoms with Gasteiger partial charge in [0.15, 0.2) is 0 Å². The van der Waals surface area contributed by atoms with Crippen molar-refractivity contribution in [3.05, 3.63) is 71.3 Å². The molecule has 0 saturated heterocycles. The lowest BCUT2D eigenvalue weighted by Gasteiger charge is -2.28. The first-order chi connectivity index (χ1) is 14.3. The Balaban J connectivity index is 1.77. The molecule has 0 aliphatic carbocycles. The largest absolute Gasteiger partial charge is 0.338 e. The predicted octanol–water partition coefficient (Wildman–Crippen LogP) is 5.95. The third-order valence-corrected chi connectivity index (χ3v) is 5.51. The molecule has 1 aliphatic rings. The molecular formula is C24H29F2N3O. The quantitative estimate of drug-likeness (QED) is 0.561. The van der Waals surface area contributed by atoms with Crippen molar-refractivity contribution in [1.29, 1.82) is 0 Å². The van der Waals surface area contributed by atoms with Crippen LogP contribution in [0.25, 0.3) is 0 Å². The Kier molecular flexibility index (Phi) is 6.85. The standard InChI is InChI=1S/C24H29F2N3O/c1-4-5-6-10-22-21(17-8-7-9-20(26)15-17)16-29(28-22)23(30)27-24(2,3)18-11-13-19(25)14-12-18/h7-9,11-15,21H,4-6,10,16H2,1-3H3,(H,27,30). The number of hydrogen-bond acceptors (Lipinski definition) is 2. The average molecular weight is 414 g/mol. The highest BCUT2D eigenvalue weighted by Crippen LogP contribution is 2.29. The van der Waals surface area contributed by atoms with Crippen molar-refractivity contribution in [2.24, 2.45) is 5.10 Å². The van der Waals surface area contributed by atoms with Gasteiger partial charge < -0.3 is 5.32 Å². The number of carbonyl (C=O) groups excluding carboxylic acids is 1. The number of hydrogen-bond donors (Lipinski definition) is 1. The second-order valence-electron chi connectivity index (χ2n) is 8.30. The van der Waals surface area contributed by atoms with Crippen LogP contribution in [0.5, 0.6) is 0 Å². The zero-order valence-corrected chi connectivity index (χ0v) is 17.8. The number of carbonyl (C=O) groups is 1. The fraction of sp³-hybridized carbons (Fsp3) is 0.417. The highest BCUT2D eigenvalue weighted by Gasteiger charge is 2.33. The Bertz CT molecular complexity index is 909. The first-order valence-electron chi connectivity index (χ1n) is 10.5. The van der Waals surface area contributed by atoms with E-state index in [4.69, 9.17) is 0 Å². The van der Waals surface area contributed by atoms with E-state index >= 15 is 0 Å². The van der Waals surface area contributed by atoms with Crippen LogP contribution in [0.2, 0.25) is 0 Å². The molecule has 6 heteroatoms. The van der Waals surface area contributed by atoms with Crippen LogP contribution in [0.4, 0.5) is 13.6 Å². The van der Waals surface area contributed by atoms with Gasteiger partial charge in [-0.2, -0.15) is 5.10 Å². The number of benzene rings is 2. The minimum Gasteiger partial charge on any atom is -0.328 e. The minimum absolute atomic E-state index is 0.114. The van der Waals surface area contributed by atoms with Gasteiger partial charge in [0.1, 0.15) is 11.6 Å². The minimum atomic E-state index is -0.695. The molecule has 1 heterocycles. The molecule has 1 atom stereocenters. The predicted molar refractivity (Wildman–Crippen MR) is 115 cm³/mol. The number of amides is 2. The number of unbranched alkanes of at least 4 members (excludes halogenated alkanes) is 2. The third kappa shape index (κ3) is 5.23. The molecule has 3 rings (SSSR count). The van der Waals surface area contributed by atoms with Gasteiger partial charge in [0.25, 0.3) is 0 Å². The van der Waals surface area contributed by atoms with Gasteiger partial charge in [-0.05, 0) is 62.1 Å². The second-order valence-corrected chi connectivity index (χ2v) is 8.30. The molecule has 0 radical (unpaired) electrons. The molecule has 1 unspecified atom stereocenters. The Morgan fingerprint density at radius 3 is 2.53 bits per heavy atom. The molecule has 2 aromatic carbocycles. The normalized spacial score (nSPS) is 16.5. The lowest BCUT2D eigenvalue weighted by molar-refractivity contribution is 0.192. The molecular weight excluding hydrogens is 384 g/mol. The van der Waals surface area contributed by atoms with Crippen molar-refractivity contribution in [2.45, 2.75) is 57.9 Å². The van der Waals surface area contributed by atoms with E-state index < -0.39 is 5.54 Å². The van der Waals surface area contributed by atoms with Gasteiger partial charge in [-0.25, -0.2) is 18.6 Å². The van der Waals surface area contributed by atoms with Crippen molar-refractivity contribution in [3.63, 3.8) is 0 Å². The number of nitrogens with one attached hydrogen (secondary N) is 1. The lowest BCUT2D eigenvalue weighted by Crippen LogP contribution is -2.46. The van der Waals surface area contributed by atoms with E-state index in [0.717, 1.165) is 42.5 Å². The van der Waals surface area contributed by atoms with Crippen molar-refractivity contribution in [3.8, 4) is 0 Å². The van der Waals surface area contributed by atoms with Crippen LogP contribution < -0.4 is 5.32 Å². The van der Waals surface area contributed by atoms with E-state index in [2.05, 4.69) is 17.3 Å². The zero-order chi connectivity index (χ0) is 21.7. The molecule has 0 saturated carbocycles. The average Bonchev–Trinajstić information content (AvgIpc) is 3.13. The van der Waals surface area contributed by atoms with E-state index in [0.29, 0.717) is 6.54 Å². The molecule has 2 amide bonds. The molecule has 4 nitrogen and oxygen atoms in total. The van der Waals surface area contributed by atoms with Gasteiger partial charge in [0, 0.05) is 11.6 Å². The van der Waals surface area contributed by atoms with Crippen LogP contribution in [-0.2, 0) is 5.54 Å². The van der Waals surface area contributed by atoms with Gasteiger partial charge in [0.2, 0.25) is 0 Å². The van der Waals surface area contributed by atoms with Crippen LogP contribution in [0.1, 0.15) is 63.5 Å². The van der Waals surface area contributed by atoms with Gasteiger partial charge in [-0.1, -0.05) is 44.0 Å². The molecule has 0 fully saturated rings. The number of hydrazone groups is 1. The molecule has 30 heavy (non-hydrogen) atoms. The van der Waals surface area contributed by atoms with Crippen LogP contribution in [-0.4, -0.2) is 23.3 Å². The van der Waals surface area contributed by atoms with Gasteiger partial charge in [-0.3, -0.25) is 0 Å². The Morgan fingerprint density at radius 1 is 1.13 bits per heavy atom. The van der Waals surface area contributed by atoms with Crippen LogP contribution in [0.3, 0.4) is 0 Å². The summed E-state index contributed by atoms with van der Waals surface area (Å²) in [5.74, 6) is -0.724. The number of urea groups is 1. The summed E-state index contributed by atoms with van der Waals surface area (Å²) in [5.41, 5.74) is 1.84. The van der Waals surface area contributed by atoms with Crippen molar-refractivity contribution < 1.29 is 13.6 Å². The summed E-state index contributed by atoms with van der Waals surface area (Å²) in [4.78, 5) is 13.0. The summed E-state index contributed by atoms with van der Waals surface area (Å²) in [6.45, 7) is 6.24. The maximum atomic E-state index is 13.8. The summed E-state index contributed by atoms with van der Waals surface area (Å²) in [5, 5.41) is 9.02. The zero-order valence-electron chi connectivity index (χ0n) is 17.8. The van der Waals surface area contributed by atoms with Crippen LogP contribution >= 0.6 is 0 Å². The molecule has 0 aromatic heterocycles. The van der Waals surface area contributed by atoms with Crippen molar-refractivity contribution in [1.82, 2.24) is 10.3 Å². The molecule has 1 N–H and O–H groups in total. The molecule has 1 aliphatic heterocycles.